The van der Waals surface area contributed by atoms with Gasteiger partial charge in [0.2, 0.25) is 0 Å². The molecule has 0 saturated heterocycles. The van der Waals surface area contributed by atoms with Gasteiger partial charge in [0.25, 0.3) is 5.56 Å². The lowest BCUT2D eigenvalue weighted by molar-refractivity contribution is 0.233. The number of urea groups is 1. The Morgan fingerprint density at radius 1 is 1.02 bits per heavy atom. The van der Waals surface area contributed by atoms with Gasteiger partial charge >= 0.3 is 6.03 Å². The van der Waals surface area contributed by atoms with Crippen LogP contribution in [0.25, 0.3) is 22.2 Å². The molecule has 2 amide bonds. The average molecular weight is 544 g/mol. The zero-order valence-electron chi connectivity index (χ0n) is 23.6. The second-order valence-corrected chi connectivity index (χ2v) is 10.4. The molecule has 0 atom stereocenters. The minimum Gasteiger partial charge on any atom is -0.493 e. The molecular weight excluding hydrogens is 506 g/mol. The fraction of sp³-hybridized carbons (Fsp3) is 0.323. The number of nitrogens with two attached hydrogens (primary N) is 1. The number of fused-ring (bicyclic) bond motifs is 1. The number of aliphatic hydroxyl groups excluding tert-OH is 1. The molecular formula is C31H37N5O4. The lowest BCUT2D eigenvalue weighted by Crippen LogP contribution is -2.29. The number of nitrogen functional groups attached to an aromatic ring is 1. The maximum Gasteiger partial charge on any atom is 0.323 e. The van der Waals surface area contributed by atoms with Gasteiger partial charge in [0.05, 0.1) is 6.61 Å². The Labute approximate surface area is 234 Å². The summed E-state index contributed by atoms with van der Waals surface area (Å²) in [5.41, 5.74) is 10.8. The summed E-state index contributed by atoms with van der Waals surface area (Å²) in [5, 5.41) is 15.7. The molecule has 210 valence electrons. The van der Waals surface area contributed by atoms with Crippen molar-refractivity contribution in [2.45, 2.75) is 46.0 Å². The van der Waals surface area contributed by atoms with E-state index in [1.165, 1.54) is 4.57 Å². The predicted octanol–water partition coefficient (Wildman–Crippen LogP) is 5.83. The highest BCUT2D eigenvalue weighted by atomic mass is 16.5. The molecule has 0 aliphatic rings. The fourth-order valence-electron chi connectivity index (χ4n) is 4.80. The second-order valence-electron chi connectivity index (χ2n) is 10.4. The number of aliphatic hydroxyl groups is 1. The maximum atomic E-state index is 13.7. The van der Waals surface area contributed by atoms with Crippen LogP contribution in [0.15, 0.2) is 59.5 Å². The average Bonchev–Trinajstić information content (AvgIpc) is 2.92. The van der Waals surface area contributed by atoms with Crippen LogP contribution in [0.4, 0.5) is 21.9 Å². The maximum absolute atomic E-state index is 13.7. The number of hydrogen-bond acceptors (Lipinski definition) is 6. The smallest absolute Gasteiger partial charge is 0.323 e. The lowest BCUT2D eigenvalue weighted by Gasteiger charge is -2.22. The van der Waals surface area contributed by atoms with Crippen molar-refractivity contribution in [2.75, 3.05) is 29.6 Å². The van der Waals surface area contributed by atoms with Gasteiger partial charge < -0.3 is 26.2 Å². The monoisotopic (exact) mass is 543 g/mol. The first-order chi connectivity index (χ1) is 19.1. The van der Waals surface area contributed by atoms with E-state index in [0.717, 1.165) is 11.1 Å². The third-order valence-corrected chi connectivity index (χ3v) is 6.78. The molecule has 0 saturated carbocycles. The van der Waals surface area contributed by atoms with Gasteiger partial charge in [-0.25, -0.2) is 9.78 Å². The minimum absolute atomic E-state index is 0.0267. The van der Waals surface area contributed by atoms with Gasteiger partial charge in [0.1, 0.15) is 17.1 Å². The highest BCUT2D eigenvalue weighted by molar-refractivity contribution is 6.08. The molecule has 9 nitrogen and oxygen atoms in total. The molecule has 0 spiro atoms. The van der Waals surface area contributed by atoms with Crippen molar-refractivity contribution >= 4 is 34.1 Å². The van der Waals surface area contributed by atoms with Crippen LogP contribution in [0.3, 0.4) is 0 Å². The van der Waals surface area contributed by atoms with E-state index in [1.54, 1.807) is 19.3 Å². The van der Waals surface area contributed by atoms with E-state index in [0.29, 0.717) is 52.3 Å². The van der Waals surface area contributed by atoms with Gasteiger partial charge in [-0.2, -0.15) is 0 Å². The Morgan fingerprint density at radius 2 is 1.70 bits per heavy atom. The van der Waals surface area contributed by atoms with Crippen molar-refractivity contribution in [1.82, 2.24) is 9.55 Å². The molecule has 0 aliphatic carbocycles. The molecule has 5 N–H and O–H groups in total. The van der Waals surface area contributed by atoms with E-state index in [9.17, 15) is 9.59 Å². The number of nitrogens with zero attached hydrogens (tertiary/aromatic N) is 2. The predicted molar refractivity (Wildman–Crippen MR) is 161 cm³/mol. The zero-order chi connectivity index (χ0) is 29.0. The van der Waals surface area contributed by atoms with Crippen LogP contribution in [-0.4, -0.2) is 33.9 Å². The summed E-state index contributed by atoms with van der Waals surface area (Å²) in [6.45, 7) is 8.55. The summed E-state index contributed by atoms with van der Waals surface area (Å²) in [6, 6.07) is 14.2. The summed E-state index contributed by atoms with van der Waals surface area (Å²) >= 11 is 0. The van der Waals surface area contributed by atoms with Crippen molar-refractivity contribution in [3.05, 3.63) is 76.2 Å². The van der Waals surface area contributed by atoms with Crippen molar-refractivity contribution in [3.8, 4) is 16.9 Å². The number of aromatic nitrogens is 2. The molecule has 4 aromatic rings. The van der Waals surface area contributed by atoms with E-state index in [4.69, 9.17) is 15.6 Å². The first-order valence-electron chi connectivity index (χ1n) is 13.5. The van der Waals surface area contributed by atoms with Crippen LogP contribution in [0.2, 0.25) is 0 Å². The molecule has 0 bridgehead atoms. The van der Waals surface area contributed by atoms with Gasteiger partial charge in [-0.3, -0.25) is 9.36 Å². The van der Waals surface area contributed by atoms with Crippen LogP contribution in [0, 0.1) is 0 Å². The Morgan fingerprint density at radius 3 is 2.35 bits per heavy atom. The largest absolute Gasteiger partial charge is 0.493 e. The van der Waals surface area contributed by atoms with Crippen LogP contribution >= 0.6 is 0 Å². The van der Waals surface area contributed by atoms with Crippen molar-refractivity contribution in [3.63, 3.8) is 0 Å². The number of ether oxygens (including phenoxy) is 1. The van der Waals surface area contributed by atoms with Crippen LogP contribution in [0.5, 0.6) is 5.75 Å². The first kappa shape index (κ1) is 28.6. The van der Waals surface area contributed by atoms with Crippen LogP contribution in [0.1, 0.15) is 57.1 Å². The first-order valence-corrected chi connectivity index (χ1v) is 13.5. The molecule has 9 heteroatoms. The number of hydrogen-bond donors (Lipinski definition) is 4. The van der Waals surface area contributed by atoms with E-state index in [1.807, 2.05) is 70.2 Å². The second kappa shape index (κ2) is 12.2. The zero-order valence-corrected chi connectivity index (χ0v) is 23.6. The van der Waals surface area contributed by atoms with Gasteiger partial charge in [0.15, 0.2) is 0 Å². The van der Waals surface area contributed by atoms with Crippen molar-refractivity contribution in [1.29, 1.82) is 0 Å². The Bertz CT molecular complexity index is 1560. The highest BCUT2D eigenvalue weighted by Gasteiger charge is 2.22. The standard InChI is InChI=1S/C31H37N5O4/c1-18(2)24-16-21(32)17-25(19(3)4)27(24)34-31(39)35-28-26(20-9-6-10-22(15-20)40-14-8-13-37)23-11-7-12-33-29(23)36(5)30(28)38/h6-7,9-12,15-19,37H,8,13-14,32H2,1-5H3,(H2,34,35,39). The molecule has 4 rings (SSSR count). The molecule has 2 heterocycles. The van der Waals surface area contributed by atoms with E-state index in [-0.39, 0.29) is 24.1 Å². The SMILES string of the molecule is CC(C)c1cc(N)cc(C(C)C)c1NC(=O)Nc1c(-c2cccc(OCCCO)c2)c2cccnc2n(C)c1=O. The van der Waals surface area contributed by atoms with Gasteiger partial charge in [-0.1, -0.05) is 39.8 Å². The molecule has 0 unspecified atom stereocenters. The van der Waals surface area contributed by atoms with Crippen molar-refractivity contribution < 1.29 is 14.6 Å². The topological polar surface area (TPSA) is 132 Å². The van der Waals surface area contributed by atoms with Gasteiger partial charge in [0, 0.05) is 48.6 Å². The number of rotatable bonds is 9. The number of anilines is 3. The van der Waals surface area contributed by atoms with Crippen LogP contribution in [-0.2, 0) is 7.05 Å². The summed E-state index contributed by atoms with van der Waals surface area (Å²) in [5.74, 6) is 0.809. The number of pyridine rings is 2. The number of aryl methyl sites for hydroxylation is 1. The highest BCUT2D eigenvalue weighted by Crippen LogP contribution is 2.37. The summed E-state index contributed by atoms with van der Waals surface area (Å²) in [7, 11) is 1.63. The van der Waals surface area contributed by atoms with Gasteiger partial charge in [-0.05, 0) is 64.9 Å². The Hall–Kier alpha value is -4.37. The molecule has 2 aromatic carbocycles. The quantitative estimate of drug-likeness (QED) is 0.155. The van der Waals surface area contributed by atoms with E-state index in [2.05, 4.69) is 15.6 Å². The van der Waals surface area contributed by atoms with Crippen LogP contribution < -0.4 is 26.7 Å². The van der Waals surface area contributed by atoms with Crippen molar-refractivity contribution in [2.24, 2.45) is 7.05 Å². The Balaban J connectivity index is 1.82. The third kappa shape index (κ3) is 5.94. The Kier molecular flexibility index (Phi) is 8.74. The number of carbonyl (C=O) groups is 1. The third-order valence-electron chi connectivity index (χ3n) is 6.78. The summed E-state index contributed by atoms with van der Waals surface area (Å²) < 4.78 is 7.22. The number of nitrogens with one attached hydrogen (secondary N) is 2. The number of amides is 2. The summed E-state index contributed by atoms with van der Waals surface area (Å²) in [6.07, 6.45) is 2.12. The molecule has 0 radical (unpaired) electrons. The van der Waals surface area contributed by atoms with E-state index < -0.39 is 11.6 Å². The number of benzene rings is 2. The molecule has 0 fully saturated rings. The van der Waals surface area contributed by atoms with Gasteiger partial charge in [-0.15, -0.1) is 0 Å². The minimum atomic E-state index is -0.537. The molecule has 0 aliphatic heterocycles. The lowest BCUT2D eigenvalue weighted by atomic mass is 9.92. The normalized spacial score (nSPS) is 11.3. The number of carbonyl (C=O) groups excluding carboxylic acids is 1. The molecule has 2 aromatic heterocycles. The summed E-state index contributed by atoms with van der Waals surface area (Å²) in [4.78, 5) is 31.7. The fourth-order valence-corrected chi connectivity index (χ4v) is 4.80. The molecule has 40 heavy (non-hydrogen) atoms. The van der Waals surface area contributed by atoms with E-state index >= 15 is 0 Å².